The van der Waals surface area contributed by atoms with Crippen molar-refractivity contribution in [1.29, 1.82) is 0 Å². The van der Waals surface area contributed by atoms with Gasteiger partial charge < -0.3 is 5.73 Å². The second-order valence-electron chi connectivity index (χ2n) is 4.66. The molecular formula is C14H17Cl2N3. The van der Waals surface area contributed by atoms with Gasteiger partial charge in [0.25, 0.3) is 0 Å². The van der Waals surface area contributed by atoms with Crippen LogP contribution in [-0.4, -0.2) is 15.8 Å². The van der Waals surface area contributed by atoms with Gasteiger partial charge in [-0.25, -0.2) is 4.68 Å². The van der Waals surface area contributed by atoms with Gasteiger partial charge in [-0.3, -0.25) is 0 Å². The van der Waals surface area contributed by atoms with Gasteiger partial charge >= 0.3 is 0 Å². The molecule has 0 saturated carbocycles. The molecule has 0 saturated heterocycles. The molecular weight excluding hydrogens is 281 g/mol. The fraction of sp³-hybridized carbons (Fsp3) is 0.357. The Hall–Kier alpha value is -1.03. The smallest absolute Gasteiger partial charge is 0.0819 e. The molecule has 0 amide bonds. The van der Waals surface area contributed by atoms with E-state index in [0.717, 1.165) is 29.8 Å². The average molecular weight is 298 g/mol. The molecule has 2 N–H and O–H groups in total. The lowest BCUT2D eigenvalue weighted by Gasteiger charge is -2.11. The van der Waals surface area contributed by atoms with Crippen LogP contribution in [-0.2, 0) is 6.42 Å². The van der Waals surface area contributed by atoms with E-state index in [9.17, 15) is 0 Å². The van der Waals surface area contributed by atoms with Gasteiger partial charge in [0.1, 0.15) is 0 Å². The Balaban J connectivity index is 2.28. The normalized spacial score (nSPS) is 12.7. The van der Waals surface area contributed by atoms with E-state index in [-0.39, 0.29) is 6.04 Å². The molecule has 1 unspecified atom stereocenters. The average Bonchev–Trinajstić information content (AvgIpc) is 2.72. The highest BCUT2D eigenvalue weighted by Crippen LogP contribution is 2.23. The van der Waals surface area contributed by atoms with Gasteiger partial charge in [0.05, 0.1) is 16.4 Å². The van der Waals surface area contributed by atoms with Crippen LogP contribution in [0.5, 0.6) is 0 Å². The number of halogens is 2. The second-order valence-corrected chi connectivity index (χ2v) is 5.47. The fourth-order valence-corrected chi connectivity index (χ4v) is 2.22. The summed E-state index contributed by atoms with van der Waals surface area (Å²) in [4.78, 5) is 0. The molecule has 2 aromatic rings. The molecule has 0 aliphatic rings. The van der Waals surface area contributed by atoms with Crippen molar-refractivity contribution in [1.82, 2.24) is 9.78 Å². The Bertz CT molecular complexity index is 559. The minimum Gasteiger partial charge on any atom is -0.327 e. The van der Waals surface area contributed by atoms with Crippen LogP contribution in [0.25, 0.3) is 5.69 Å². The maximum absolute atomic E-state index is 6.30. The lowest BCUT2D eigenvalue weighted by atomic mass is 10.0. The van der Waals surface area contributed by atoms with E-state index in [1.807, 2.05) is 25.1 Å². The van der Waals surface area contributed by atoms with Crippen LogP contribution in [0.1, 0.15) is 24.6 Å². The van der Waals surface area contributed by atoms with E-state index in [1.165, 1.54) is 0 Å². The van der Waals surface area contributed by atoms with Gasteiger partial charge in [-0.15, -0.1) is 0 Å². The van der Waals surface area contributed by atoms with Crippen molar-refractivity contribution in [3.8, 4) is 5.69 Å². The SMILES string of the molecule is CCC(N)Cc1ccc(-n2cc(Cl)c(C)n2)cc1Cl. The lowest BCUT2D eigenvalue weighted by Crippen LogP contribution is -2.21. The highest BCUT2D eigenvalue weighted by Gasteiger charge is 2.09. The third kappa shape index (κ3) is 3.30. The number of benzene rings is 1. The van der Waals surface area contributed by atoms with Gasteiger partial charge in [-0.2, -0.15) is 5.10 Å². The molecule has 0 spiro atoms. The topological polar surface area (TPSA) is 43.8 Å². The van der Waals surface area contributed by atoms with Crippen LogP contribution in [0.2, 0.25) is 10.0 Å². The zero-order valence-electron chi connectivity index (χ0n) is 11.0. The van der Waals surface area contributed by atoms with Gasteiger partial charge in [0.15, 0.2) is 0 Å². The molecule has 3 nitrogen and oxygen atoms in total. The number of aryl methyl sites for hydroxylation is 1. The minimum absolute atomic E-state index is 0.143. The predicted molar refractivity (Wildman–Crippen MR) is 80.3 cm³/mol. The summed E-state index contributed by atoms with van der Waals surface area (Å²) in [5.41, 5.74) is 8.72. The molecule has 5 heteroatoms. The lowest BCUT2D eigenvalue weighted by molar-refractivity contribution is 0.646. The Kier molecular flexibility index (Phi) is 4.50. The first kappa shape index (κ1) is 14.4. The molecule has 0 fully saturated rings. The van der Waals surface area contributed by atoms with Gasteiger partial charge in [0, 0.05) is 17.3 Å². The number of hydrogen-bond acceptors (Lipinski definition) is 2. The minimum atomic E-state index is 0.143. The Morgan fingerprint density at radius 3 is 2.58 bits per heavy atom. The molecule has 0 radical (unpaired) electrons. The van der Waals surface area contributed by atoms with E-state index in [1.54, 1.807) is 10.9 Å². The first-order valence-electron chi connectivity index (χ1n) is 6.27. The first-order chi connectivity index (χ1) is 9.01. The van der Waals surface area contributed by atoms with Crippen LogP contribution in [0.15, 0.2) is 24.4 Å². The predicted octanol–water partition coefficient (Wildman–Crippen LogP) is 3.77. The second kappa shape index (κ2) is 5.95. The third-order valence-corrected chi connectivity index (χ3v) is 3.87. The van der Waals surface area contributed by atoms with Crippen molar-refractivity contribution in [3.63, 3.8) is 0 Å². The van der Waals surface area contributed by atoms with Crippen LogP contribution in [0, 0.1) is 6.92 Å². The molecule has 19 heavy (non-hydrogen) atoms. The van der Waals surface area contributed by atoms with Crippen molar-refractivity contribution < 1.29 is 0 Å². The van der Waals surface area contributed by atoms with E-state index in [0.29, 0.717) is 10.0 Å². The Morgan fingerprint density at radius 1 is 1.32 bits per heavy atom. The molecule has 102 valence electrons. The van der Waals surface area contributed by atoms with Crippen LogP contribution >= 0.6 is 23.2 Å². The Morgan fingerprint density at radius 2 is 2.05 bits per heavy atom. The van der Waals surface area contributed by atoms with Crippen LogP contribution in [0.4, 0.5) is 0 Å². The summed E-state index contributed by atoms with van der Waals surface area (Å²) in [6, 6.07) is 6.01. The van der Waals surface area contributed by atoms with Gasteiger partial charge in [-0.1, -0.05) is 36.2 Å². The standard InChI is InChI=1S/C14H17Cl2N3/c1-3-11(17)6-10-4-5-12(7-13(10)15)19-8-14(16)9(2)18-19/h4-5,7-8,11H,3,6,17H2,1-2H3. The number of rotatable bonds is 4. The summed E-state index contributed by atoms with van der Waals surface area (Å²) in [6.45, 7) is 3.94. The largest absolute Gasteiger partial charge is 0.327 e. The van der Waals surface area contributed by atoms with Crippen molar-refractivity contribution in [2.24, 2.45) is 5.73 Å². The fourth-order valence-electron chi connectivity index (χ4n) is 1.84. The summed E-state index contributed by atoms with van der Waals surface area (Å²) >= 11 is 12.3. The maximum atomic E-state index is 6.30. The molecule has 1 atom stereocenters. The highest BCUT2D eigenvalue weighted by atomic mass is 35.5. The summed E-state index contributed by atoms with van der Waals surface area (Å²) in [5.74, 6) is 0. The van der Waals surface area contributed by atoms with Crippen molar-refractivity contribution in [3.05, 3.63) is 45.7 Å². The zero-order valence-corrected chi connectivity index (χ0v) is 12.5. The summed E-state index contributed by atoms with van der Waals surface area (Å²) in [5, 5.41) is 5.69. The molecule has 1 aromatic carbocycles. The quantitative estimate of drug-likeness (QED) is 0.933. The first-order valence-corrected chi connectivity index (χ1v) is 7.03. The molecule has 1 heterocycles. The molecule has 2 rings (SSSR count). The number of nitrogens with two attached hydrogens (primary N) is 1. The Labute approximate surface area is 123 Å². The number of aromatic nitrogens is 2. The summed E-state index contributed by atoms with van der Waals surface area (Å²) in [6.07, 6.45) is 3.50. The van der Waals surface area contributed by atoms with Gasteiger partial charge in [-0.05, 0) is 37.5 Å². The van der Waals surface area contributed by atoms with Crippen molar-refractivity contribution in [2.75, 3.05) is 0 Å². The number of hydrogen-bond donors (Lipinski definition) is 1. The molecule has 1 aromatic heterocycles. The van der Waals surface area contributed by atoms with E-state index < -0.39 is 0 Å². The van der Waals surface area contributed by atoms with Crippen molar-refractivity contribution in [2.45, 2.75) is 32.7 Å². The molecule has 0 aliphatic heterocycles. The van der Waals surface area contributed by atoms with E-state index in [4.69, 9.17) is 28.9 Å². The van der Waals surface area contributed by atoms with E-state index in [2.05, 4.69) is 12.0 Å². The zero-order chi connectivity index (χ0) is 14.0. The summed E-state index contributed by atoms with van der Waals surface area (Å²) < 4.78 is 1.73. The monoisotopic (exact) mass is 297 g/mol. The molecule has 0 bridgehead atoms. The van der Waals surface area contributed by atoms with Gasteiger partial charge in [0.2, 0.25) is 0 Å². The highest BCUT2D eigenvalue weighted by molar-refractivity contribution is 6.31. The summed E-state index contributed by atoms with van der Waals surface area (Å²) in [7, 11) is 0. The van der Waals surface area contributed by atoms with Crippen molar-refractivity contribution >= 4 is 23.2 Å². The number of nitrogens with zero attached hydrogens (tertiary/aromatic N) is 2. The van der Waals surface area contributed by atoms with Crippen LogP contribution in [0.3, 0.4) is 0 Å². The maximum Gasteiger partial charge on any atom is 0.0819 e. The van der Waals surface area contributed by atoms with Crippen LogP contribution < -0.4 is 5.73 Å². The van der Waals surface area contributed by atoms with E-state index >= 15 is 0 Å². The third-order valence-electron chi connectivity index (χ3n) is 3.15. The molecule has 0 aliphatic carbocycles.